The van der Waals surface area contributed by atoms with E-state index in [4.69, 9.17) is 4.74 Å². The summed E-state index contributed by atoms with van der Waals surface area (Å²) in [6.07, 6.45) is 7.24. The number of rotatable bonds is 14. The Hall–Kier alpha value is -3.40. The predicted octanol–water partition coefficient (Wildman–Crippen LogP) is 4.10. The van der Waals surface area contributed by atoms with Gasteiger partial charge in [0.25, 0.3) is 0 Å². The van der Waals surface area contributed by atoms with Crippen molar-refractivity contribution in [3.8, 4) is 5.95 Å². The van der Waals surface area contributed by atoms with Crippen LogP contribution in [0.2, 0.25) is 0 Å². The van der Waals surface area contributed by atoms with Crippen LogP contribution < -0.4 is 10.6 Å². The maximum atomic E-state index is 13.6. The second kappa shape index (κ2) is 13.6. The number of carbonyl (C=O) groups is 1. The van der Waals surface area contributed by atoms with Gasteiger partial charge in [0.15, 0.2) is 11.6 Å². The van der Waals surface area contributed by atoms with Crippen LogP contribution in [-0.4, -0.2) is 51.2 Å². The lowest BCUT2D eigenvalue weighted by atomic mass is 10.0. The van der Waals surface area contributed by atoms with Gasteiger partial charge in [-0.25, -0.2) is 18.7 Å². The number of amides is 1. The number of hydrogen-bond acceptors (Lipinski definition) is 6. The minimum atomic E-state index is -0.875. The van der Waals surface area contributed by atoms with Crippen LogP contribution in [0, 0.1) is 17.6 Å². The molecule has 1 atom stereocenters. The molecule has 0 radical (unpaired) electrons. The van der Waals surface area contributed by atoms with Crippen molar-refractivity contribution in [2.24, 2.45) is 5.92 Å². The van der Waals surface area contributed by atoms with Gasteiger partial charge < -0.3 is 15.4 Å². The van der Waals surface area contributed by atoms with Gasteiger partial charge in [-0.1, -0.05) is 19.9 Å². The van der Waals surface area contributed by atoms with E-state index in [0.717, 1.165) is 12.5 Å². The van der Waals surface area contributed by atoms with Crippen molar-refractivity contribution in [3.63, 3.8) is 0 Å². The monoisotopic (exact) mass is 500 g/mol. The number of ether oxygens (including phenoxy) is 1. The first-order chi connectivity index (χ1) is 17.4. The Morgan fingerprint density at radius 2 is 1.97 bits per heavy atom. The third kappa shape index (κ3) is 8.37. The van der Waals surface area contributed by atoms with Crippen LogP contribution in [0.15, 0.2) is 43.0 Å². The first-order valence-electron chi connectivity index (χ1n) is 12.3. The molecule has 0 spiro atoms. The molecule has 194 valence electrons. The van der Waals surface area contributed by atoms with Gasteiger partial charge in [-0.15, -0.1) is 0 Å². The largest absolute Gasteiger partial charge is 0.382 e. The van der Waals surface area contributed by atoms with Gasteiger partial charge in [0.1, 0.15) is 18.2 Å². The molecule has 0 aliphatic rings. The molecule has 1 unspecified atom stereocenters. The Balaban J connectivity index is 1.77. The standard InChI is InChI=1S/C26H34F2N6O2/c1-4-36-13-5-10-30-25(35)23(14-18(2)3)32-24-16-20(31-26(33-24)34-12-11-29-17-34)8-6-19-7-9-21(27)22(28)15-19/h7,9,11-12,15-18,23H,4-6,8,10,13-14H2,1-3H3,(H,30,35)(H,31,32,33). The zero-order chi connectivity index (χ0) is 25.9. The Labute approximate surface area is 210 Å². The van der Waals surface area contributed by atoms with Crippen LogP contribution >= 0.6 is 0 Å². The fourth-order valence-electron chi connectivity index (χ4n) is 3.68. The average Bonchev–Trinajstić information content (AvgIpc) is 3.39. The summed E-state index contributed by atoms with van der Waals surface area (Å²) in [5, 5.41) is 6.26. The average molecular weight is 501 g/mol. The summed E-state index contributed by atoms with van der Waals surface area (Å²) in [4.78, 5) is 26.2. The van der Waals surface area contributed by atoms with Crippen LogP contribution in [0.25, 0.3) is 5.95 Å². The van der Waals surface area contributed by atoms with E-state index in [1.54, 1.807) is 35.4 Å². The number of carbonyl (C=O) groups excluding carboxylic acids is 1. The molecule has 0 fully saturated rings. The van der Waals surface area contributed by atoms with Crippen molar-refractivity contribution in [2.45, 2.75) is 52.5 Å². The predicted molar refractivity (Wildman–Crippen MR) is 134 cm³/mol. The molecule has 10 heteroatoms. The van der Waals surface area contributed by atoms with Crippen molar-refractivity contribution in [1.29, 1.82) is 0 Å². The van der Waals surface area contributed by atoms with Gasteiger partial charge in [0.2, 0.25) is 11.9 Å². The zero-order valence-electron chi connectivity index (χ0n) is 21.0. The molecule has 8 nitrogen and oxygen atoms in total. The first kappa shape index (κ1) is 27.2. The number of aryl methyl sites for hydroxylation is 2. The Kier molecular flexibility index (Phi) is 10.3. The molecule has 3 aromatic rings. The van der Waals surface area contributed by atoms with Gasteiger partial charge in [-0.3, -0.25) is 9.36 Å². The maximum absolute atomic E-state index is 13.6. The SMILES string of the molecule is CCOCCCNC(=O)C(CC(C)C)Nc1cc(CCc2ccc(F)c(F)c2)nc(-n2ccnc2)n1. The van der Waals surface area contributed by atoms with E-state index in [0.29, 0.717) is 62.0 Å². The number of nitrogens with one attached hydrogen (secondary N) is 2. The summed E-state index contributed by atoms with van der Waals surface area (Å²) in [7, 11) is 0. The van der Waals surface area contributed by atoms with E-state index in [2.05, 4.69) is 39.4 Å². The molecule has 0 aliphatic carbocycles. The summed E-state index contributed by atoms with van der Waals surface area (Å²) in [5.74, 6) is -0.671. The van der Waals surface area contributed by atoms with E-state index in [1.807, 2.05) is 6.92 Å². The molecule has 2 heterocycles. The number of aromatic nitrogens is 4. The quantitative estimate of drug-likeness (QED) is 0.324. The highest BCUT2D eigenvalue weighted by Gasteiger charge is 2.21. The van der Waals surface area contributed by atoms with Crippen LogP contribution in [-0.2, 0) is 22.4 Å². The zero-order valence-corrected chi connectivity index (χ0v) is 21.0. The fourth-order valence-corrected chi connectivity index (χ4v) is 3.68. The first-order valence-corrected chi connectivity index (χ1v) is 12.3. The van der Waals surface area contributed by atoms with E-state index < -0.39 is 17.7 Å². The maximum Gasteiger partial charge on any atom is 0.242 e. The molecule has 0 bridgehead atoms. The summed E-state index contributed by atoms with van der Waals surface area (Å²) in [6.45, 7) is 7.83. The third-order valence-corrected chi connectivity index (χ3v) is 5.47. The minimum absolute atomic E-state index is 0.105. The van der Waals surface area contributed by atoms with E-state index >= 15 is 0 Å². The van der Waals surface area contributed by atoms with Crippen molar-refractivity contribution in [1.82, 2.24) is 24.8 Å². The smallest absolute Gasteiger partial charge is 0.242 e. The lowest BCUT2D eigenvalue weighted by Crippen LogP contribution is -2.41. The van der Waals surface area contributed by atoms with Crippen LogP contribution in [0.4, 0.5) is 14.6 Å². The van der Waals surface area contributed by atoms with E-state index in [1.165, 1.54) is 6.07 Å². The van der Waals surface area contributed by atoms with Crippen molar-refractivity contribution >= 4 is 11.7 Å². The van der Waals surface area contributed by atoms with Gasteiger partial charge in [0, 0.05) is 43.9 Å². The lowest BCUT2D eigenvalue weighted by Gasteiger charge is -2.21. The molecule has 1 amide bonds. The normalized spacial score (nSPS) is 12.1. The Bertz CT molecular complexity index is 1110. The summed E-state index contributed by atoms with van der Waals surface area (Å²) in [5.41, 5.74) is 1.36. The molecule has 1 aromatic carbocycles. The number of halogens is 2. The highest BCUT2D eigenvalue weighted by Crippen LogP contribution is 2.17. The summed E-state index contributed by atoms with van der Waals surface area (Å²) < 4.78 is 33.9. The minimum Gasteiger partial charge on any atom is -0.382 e. The Morgan fingerprint density at radius 3 is 2.67 bits per heavy atom. The highest BCUT2D eigenvalue weighted by atomic mass is 19.2. The lowest BCUT2D eigenvalue weighted by molar-refractivity contribution is -0.122. The summed E-state index contributed by atoms with van der Waals surface area (Å²) >= 11 is 0. The van der Waals surface area contributed by atoms with Crippen LogP contribution in [0.1, 0.15) is 44.9 Å². The number of anilines is 1. The van der Waals surface area contributed by atoms with E-state index in [-0.39, 0.29) is 11.8 Å². The molecule has 2 aromatic heterocycles. The Morgan fingerprint density at radius 1 is 1.14 bits per heavy atom. The van der Waals surface area contributed by atoms with Gasteiger partial charge in [-0.2, -0.15) is 4.98 Å². The third-order valence-electron chi connectivity index (χ3n) is 5.47. The van der Waals surface area contributed by atoms with Gasteiger partial charge in [-0.05, 0) is 56.2 Å². The molecule has 0 saturated heterocycles. The second-order valence-corrected chi connectivity index (χ2v) is 8.93. The van der Waals surface area contributed by atoms with Gasteiger partial charge >= 0.3 is 0 Å². The van der Waals surface area contributed by atoms with Crippen LogP contribution in [0.5, 0.6) is 0 Å². The molecule has 0 aliphatic heterocycles. The summed E-state index contributed by atoms with van der Waals surface area (Å²) in [6, 6.07) is 5.18. The molecular weight excluding hydrogens is 466 g/mol. The number of hydrogen-bond donors (Lipinski definition) is 2. The van der Waals surface area contributed by atoms with Gasteiger partial charge in [0.05, 0.1) is 0 Å². The number of benzene rings is 1. The fraction of sp³-hybridized carbons (Fsp3) is 0.462. The molecule has 36 heavy (non-hydrogen) atoms. The van der Waals surface area contributed by atoms with Crippen molar-refractivity contribution < 1.29 is 18.3 Å². The highest BCUT2D eigenvalue weighted by molar-refractivity contribution is 5.84. The number of nitrogens with zero attached hydrogens (tertiary/aromatic N) is 4. The van der Waals surface area contributed by atoms with Crippen molar-refractivity contribution in [2.75, 3.05) is 25.1 Å². The molecule has 3 rings (SSSR count). The molecule has 2 N–H and O–H groups in total. The molecule has 0 saturated carbocycles. The molecular formula is C26H34F2N6O2. The number of imidazole rings is 1. The van der Waals surface area contributed by atoms with E-state index in [9.17, 15) is 13.6 Å². The second-order valence-electron chi connectivity index (χ2n) is 8.93. The van der Waals surface area contributed by atoms with Crippen molar-refractivity contribution in [3.05, 3.63) is 65.9 Å². The topological polar surface area (TPSA) is 94.0 Å². The van der Waals surface area contributed by atoms with Crippen LogP contribution in [0.3, 0.4) is 0 Å².